The number of pyridine rings is 1. The van der Waals surface area contributed by atoms with Crippen molar-refractivity contribution in [1.82, 2.24) is 19.9 Å². The van der Waals surface area contributed by atoms with Gasteiger partial charge in [-0.05, 0) is 54.8 Å². The van der Waals surface area contributed by atoms with E-state index in [0.29, 0.717) is 34.2 Å². The molecule has 3 N–H and O–H groups in total. The highest BCUT2D eigenvalue weighted by molar-refractivity contribution is 5.99. The molecule has 2 heterocycles. The van der Waals surface area contributed by atoms with Crippen molar-refractivity contribution in [3.05, 3.63) is 99.4 Å². The molecule has 5 aromatic rings. The van der Waals surface area contributed by atoms with Crippen molar-refractivity contribution in [3.63, 3.8) is 0 Å². The fraction of sp³-hybridized carbons (Fsp3) is 0.242. The number of fused-ring (bicyclic) bond motifs is 2. The van der Waals surface area contributed by atoms with Crippen LogP contribution in [0.5, 0.6) is 0 Å². The third kappa shape index (κ3) is 6.39. The summed E-state index contributed by atoms with van der Waals surface area (Å²) in [7, 11) is 1.54. The normalized spacial score (nSPS) is 13.0. The number of aryl methyl sites for hydroxylation is 2. The Labute approximate surface area is 268 Å². The van der Waals surface area contributed by atoms with Crippen LogP contribution in [0, 0.1) is 24.4 Å². The highest BCUT2D eigenvalue weighted by Gasteiger charge is 2.38. The molecule has 0 bridgehead atoms. The minimum atomic E-state index is -4.71. The predicted octanol–water partition coefficient (Wildman–Crippen LogP) is 6.05. The molecule has 2 atom stereocenters. The maximum absolute atomic E-state index is 14.9. The van der Waals surface area contributed by atoms with E-state index in [0.717, 1.165) is 0 Å². The molecule has 1 amide bonds. The van der Waals surface area contributed by atoms with Crippen LogP contribution in [0.2, 0.25) is 0 Å². The quantitative estimate of drug-likeness (QED) is 0.163. The Balaban J connectivity index is 1.49. The second-order valence-corrected chi connectivity index (χ2v) is 11.1. The zero-order chi connectivity index (χ0) is 35.1. The van der Waals surface area contributed by atoms with E-state index in [4.69, 9.17) is 0 Å². The summed E-state index contributed by atoms with van der Waals surface area (Å²) in [5.74, 6) is -6.55. The highest BCUT2D eigenvalue weighted by atomic mass is 19.4. The third-order valence-corrected chi connectivity index (χ3v) is 8.04. The Kier molecular flexibility index (Phi) is 9.15. The van der Waals surface area contributed by atoms with Crippen molar-refractivity contribution < 1.29 is 41.0 Å². The molecule has 0 aliphatic heterocycles. The number of carboxylic acid groups (broad SMARTS) is 1. The number of benzene rings is 3. The van der Waals surface area contributed by atoms with Gasteiger partial charge in [0.15, 0.2) is 0 Å². The lowest BCUT2D eigenvalue weighted by Crippen LogP contribution is -2.43. The zero-order valence-corrected chi connectivity index (χ0v) is 25.5. The number of carboxylic acids is 1. The van der Waals surface area contributed by atoms with Crippen LogP contribution in [0.15, 0.2) is 59.7 Å². The first kappa shape index (κ1) is 33.9. The number of halogens is 6. The number of hydrogen-bond donors (Lipinski definition) is 3. The molecule has 0 saturated carbocycles. The number of anilines is 1. The Morgan fingerprint density at radius 2 is 1.62 bits per heavy atom. The van der Waals surface area contributed by atoms with Crippen molar-refractivity contribution in [2.45, 2.75) is 44.9 Å². The molecular weight excluding hydrogens is 644 g/mol. The SMILES string of the molecule is CC[C@@H](Nc1cc(F)c(C(=O)N[C@@H](Cc2ccc(-c3c(C)c4cc(F)ccc4n(C)c3=O)c3nccnc23)C(=O)O)c(F)c1)C(F)(F)F. The van der Waals surface area contributed by atoms with Crippen LogP contribution in [-0.2, 0) is 18.3 Å². The number of nitrogens with one attached hydrogen (secondary N) is 2. The Morgan fingerprint density at radius 1 is 0.979 bits per heavy atom. The first-order valence-corrected chi connectivity index (χ1v) is 14.5. The summed E-state index contributed by atoms with van der Waals surface area (Å²) in [4.78, 5) is 47.3. The van der Waals surface area contributed by atoms with Crippen molar-refractivity contribution in [2.24, 2.45) is 7.05 Å². The Morgan fingerprint density at radius 3 is 2.23 bits per heavy atom. The number of alkyl halides is 3. The molecule has 0 aliphatic carbocycles. The van der Waals surface area contributed by atoms with Gasteiger partial charge in [0.2, 0.25) is 0 Å². The number of carbonyl (C=O) groups excluding carboxylic acids is 1. The molecule has 48 heavy (non-hydrogen) atoms. The van der Waals surface area contributed by atoms with E-state index in [9.17, 15) is 45.8 Å². The van der Waals surface area contributed by atoms with Crippen LogP contribution in [0.25, 0.3) is 33.1 Å². The van der Waals surface area contributed by atoms with Gasteiger partial charge in [-0.25, -0.2) is 18.0 Å². The summed E-state index contributed by atoms with van der Waals surface area (Å²) in [6.45, 7) is 2.88. The summed E-state index contributed by atoms with van der Waals surface area (Å²) < 4.78 is 84.7. The summed E-state index contributed by atoms with van der Waals surface area (Å²) in [5.41, 5.74) is -0.0409. The molecule has 0 saturated heterocycles. The lowest BCUT2D eigenvalue weighted by Gasteiger charge is -2.22. The maximum Gasteiger partial charge on any atom is 0.408 e. The van der Waals surface area contributed by atoms with Gasteiger partial charge in [0.05, 0.1) is 22.1 Å². The molecule has 2 aromatic heterocycles. The zero-order valence-electron chi connectivity index (χ0n) is 25.5. The van der Waals surface area contributed by atoms with Gasteiger partial charge in [-0.3, -0.25) is 19.6 Å². The monoisotopic (exact) mass is 671 g/mol. The summed E-state index contributed by atoms with van der Waals surface area (Å²) >= 11 is 0. The molecule has 0 aliphatic rings. The van der Waals surface area contributed by atoms with Crippen LogP contribution in [-0.4, -0.2) is 49.8 Å². The molecule has 250 valence electrons. The largest absolute Gasteiger partial charge is 0.480 e. The average molecular weight is 672 g/mol. The van der Waals surface area contributed by atoms with Gasteiger partial charge in [0, 0.05) is 42.5 Å². The van der Waals surface area contributed by atoms with Crippen LogP contribution in [0.4, 0.5) is 32.0 Å². The van der Waals surface area contributed by atoms with E-state index in [2.05, 4.69) is 15.3 Å². The molecule has 5 rings (SSSR count). The molecule has 0 fully saturated rings. The molecule has 0 spiro atoms. The van der Waals surface area contributed by atoms with E-state index in [1.54, 1.807) is 6.92 Å². The average Bonchev–Trinajstić information content (AvgIpc) is 3.02. The highest BCUT2D eigenvalue weighted by Crippen LogP contribution is 2.33. The fourth-order valence-electron chi connectivity index (χ4n) is 5.61. The van der Waals surface area contributed by atoms with Crippen molar-refractivity contribution in [2.75, 3.05) is 5.32 Å². The van der Waals surface area contributed by atoms with Crippen LogP contribution >= 0.6 is 0 Å². The van der Waals surface area contributed by atoms with Gasteiger partial charge in [-0.2, -0.15) is 13.2 Å². The molecular formula is C33H27F6N5O4. The lowest BCUT2D eigenvalue weighted by atomic mass is 9.94. The molecule has 3 aromatic carbocycles. The first-order chi connectivity index (χ1) is 22.6. The second-order valence-electron chi connectivity index (χ2n) is 11.1. The maximum atomic E-state index is 14.9. The minimum absolute atomic E-state index is 0.166. The van der Waals surface area contributed by atoms with Gasteiger partial charge in [0.1, 0.15) is 35.1 Å². The third-order valence-electron chi connectivity index (χ3n) is 8.04. The molecule has 0 radical (unpaired) electrons. The van der Waals surface area contributed by atoms with Crippen molar-refractivity contribution in [3.8, 4) is 11.1 Å². The van der Waals surface area contributed by atoms with E-state index >= 15 is 0 Å². The number of aromatic nitrogens is 3. The Bertz CT molecular complexity index is 2130. The number of hydrogen-bond acceptors (Lipinski definition) is 6. The topological polar surface area (TPSA) is 126 Å². The molecule has 15 heteroatoms. The van der Waals surface area contributed by atoms with E-state index in [-0.39, 0.29) is 22.2 Å². The number of aliphatic carboxylic acids is 1. The smallest absolute Gasteiger partial charge is 0.408 e. The van der Waals surface area contributed by atoms with Crippen molar-refractivity contribution >= 4 is 39.5 Å². The van der Waals surface area contributed by atoms with Gasteiger partial charge in [0.25, 0.3) is 11.5 Å². The predicted molar refractivity (Wildman–Crippen MR) is 165 cm³/mol. The van der Waals surface area contributed by atoms with Crippen molar-refractivity contribution in [1.29, 1.82) is 0 Å². The number of nitrogens with zero attached hydrogens (tertiary/aromatic N) is 3. The summed E-state index contributed by atoms with van der Waals surface area (Å²) in [5, 5.41) is 14.4. The van der Waals surface area contributed by atoms with Crippen LogP contribution < -0.4 is 16.2 Å². The number of carbonyl (C=O) groups is 2. The summed E-state index contributed by atoms with van der Waals surface area (Å²) in [6, 6.07) is 4.18. The Hall–Kier alpha value is -5.47. The van der Waals surface area contributed by atoms with Gasteiger partial charge < -0.3 is 20.3 Å². The van der Waals surface area contributed by atoms with E-state index in [1.807, 2.05) is 5.32 Å². The molecule has 9 nitrogen and oxygen atoms in total. The van der Waals surface area contributed by atoms with E-state index in [1.165, 1.54) is 61.3 Å². The molecule has 0 unspecified atom stereocenters. The van der Waals surface area contributed by atoms with Gasteiger partial charge in [-0.1, -0.05) is 19.1 Å². The van der Waals surface area contributed by atoms with Crippen LogP contribution in [0.3, 0.4) is 0 Å². The second kappa shape index (κ2) is 13.0. The van der Waals surface area contributed by atoms with E-state index < -0.39 is 77.2 Å². The fourth-order valence-corrected chi connectivity index (χ4v) is 5.61. The lowest BCUT2D eigenvalue weighted by molar-refractivity contribution is -0.143. The number of amides is 1. The first-order valence-electron chi connectivity index (χ1n) is 14.5. The van der Waals surface area contributed by atoms with Gasteiger partial charge >= 0.3 is 12.1 Å². The van der Waals surface area contributed by atoms with Crippen LogP contribution in [0.1, 0.15) is 34.8 Å². The minimum Gasteiger partial charge on any atom is -0.480 e. The van der Waals surface area contributed by atoms with Gasteiger partial charge in [-0.15, -0.1) is 0 Å². The standard InChI is InChI=1S/C33H27F6N5O4/c1-4-25(33(37,38)39)42-18-13-21(35)27(22(36)14-18)30(45)43-23(32(47)48)11-16-5-7-19(29-28(16)40-9-10-41-29)26-15(2)20-12-17(34)6-8-24(20)44(3)31(26)46/h5-10,12-14,23,25,42H,4,11H2,1-3H3,(H,43,45)(H,47,48)/t23-,25+/m0/s1. The number of rotatable bonds is 9. The summed E-state index contributed by atoms with van der Waals surface area (Å²) in [6.07, 6.45) is -2.90.